The fraction of sp³-hybridized carbons (Fsp3) is 0.478. The third kappa shape index (κ3) is 3.88. The van der Waals surface area contributed by atoms with Crippen LogP contribution in [0.15, 0.2) is 48.5 Å². The number of piperidine rings is 1. The summed E-state index contributed by atoms with van der Waals surface area (Å²) in [6.45, 7) is 3.36. The molecule has 2 unspecified atom stereocenters. The maximum atomic E-state index is 11.4. The highest BCUT2D eigenvalue weighted by molar-refractivity contribution is 5.30. The topological polar surface area (TPSA) is 52.9 Å². The summed E-state index contributed by atoms with van der Waals surface area (Å²) >= 11 is 0. The molecule has 4 rings (SSSR count). The number of aliphatic hydroxyl groups is 2. The maximum Gasteiger partial charge on any atom is 0.119 e. The van der Waals surface area contributed by atoms with Crippen molar-refractivity contribution in [1.29, 1.82) is 0 Å². The summed E-state index contributed by atoms with van der Waals surface area (Å²) in [5, 5.41) is 20.2. The Morgan fingerprint density at radius 3 is 2.22 bits per heavy atom. The van der Waals surface area contributed by atoms with E-state index in [1.165, 1.54) is 11.1 Å². The Balaban J connectivity index is 1.44. The van der Waals surface area contributed by atoms with Gasteiger partial charge in [-0.15, -0.1) is 0 Å². The van der Waals surface area contributed by atoms with E-state index in [4.69, 9.17) is 9.84 Å². The standard InChI is InChI=1S/C23H29NO3/c1-17-2-6-19(7-3-17)23(26)14-20-8-9-21(15-23)24(20)16-18-4-10-22(11-5-18)27-13-12-25/h2-7,10-11,20-21,25-26H,8-9,12-16H2,1H3. The molecule has 27 heavy (non-hydrogen) atoms. The first-order valence-corrected chi connectivity index (χ1v) is 9.95. The Kier molecular flexibility index (Phi) is 5.22. The van der Waals surface area contributed by atoms with Gasteiger partial charge in [0.25, 0.3) is 0 Å². The van der Waals surface area contributed by atoms with E-state index in [1.54, 1.807) is 0 Å². The zero-order valence-electron chi connectivity index (χ0n) is 16.0. The van der Waals surface area contributed by atoms with E-state index < -0.39 is 5.60 Å². The molecule has 144 valence electrons. The van der Waals surface area contributed by atoms with Crippen molar-refractivity contribution in [2.75, 3.05) is 13.2 Å². The molecule has 2 aliphatic heterocycles. The average Bonchev–Trinajstić information content (AvgIpc) is 2.91. The molecule has 2 heterocycles. The first-order valence-electron chi connectivity index (χ1n) is 9.95. The minimum Gasteiger partial charge on any atom is -0.491 e. The normalized spacial score (nSPS) is 27.7. The van der Waals surface area contributed by atoms with Gasteiger partial charge in [-0.2, -0.15) is 0 Å². The van der Waals surface area contributed by atoms with Crippen molar-refractivity contribution in [3.8, 4) is 5.75 Å². The van der Waals surface area contributed by atoms with Crippen molar-refractivity contribution in [2.45, 2.75) is 56.8 Å². The first kappa shape index (κ1) is 18.5. The van der Waals surface area contributed by atoms with Crippen LogP contribution >= 0.6 is 0 Å². The van der Waals surface area contributed by atoms with E-state index in [0.29, 0.717) is 18.7 Å². The molecule has 2 aliphatic rings. The van der Waals surface area contributed by atoms with Gasteiger partial charge >= 0.3 is 0 Å². The lowest BCUT2D eigenvalue weighted by Crippen LogP contribution is -2.49. The molecule has 0 aromatic heterocycles. The van der Waals surface area contributed by atoms with E-state index in [2.05, 4.69) is 48.2 Å². The molecule has 2 aromatic rings. The molecule has 0 aliphatic carbocycles. The molecular formula is C23H29NO3. The SMILES string of the molecule is Cc1ccc(C2(O)CC3CCC(C2)N3Cc2ccc(OCCO)cc2)cc1. The summed E-state index contributed by atoms with van der Waals surface area (Å²) < 4.78 is 5.44. The van der Waals surface area contributed by atoms with Crippen LogP contribution in [-0.2, 0) is 12.1 Å². The Labute approximate surface area is 161 Å². The first-order chi connectivity index (χ1) is 13.1. The van der Waals surface area contributed by atoms with Crippen LogP contribution < -0.4 is 4.74 Å². The number of aryl methyl sites for hydroxylation is 1. The van der Waals surface area contributed by atoms with Crippen LogP contribution in [0.2, 0.25) is 0 Å². The minimum atomic E-state index is -0.696. The lowest BCUT2D eigenvalue weighted by Gasteiger charge is -2.44. The molecule has 0 radical (unpaired) electrons. The van der Waals surface area contributed by atoms with Crippen LogP contribution in [0.3, 0.4) is 0 Å². The van der Waals surface area contributed by atoms with Crippen LogP contribution in [0, 0.1) is 6.92 Å². The van der Waals surface area contributed by atoms with Gasteiger partial charge in [0.1, 0.15) is 12.4 Å². The molecule has 2 bridgehead atoms. The lowest BCUT2D eigenvalue weighted by atomic mass is 9.80. The monoisotopic (exact) mass is 367 g/mol. The highest BCUT2D eigenvalue weighted by atomic mass is 16.5. The summed E-state index contributed by atoms with van der Waals surface area (Å²) in [6.07, 6.45) is 3.95. The average molecular weight is 367 g/mol. The second-order valence-electron chi connectivity index (χ2n) is 8.08. The molecule has 0 saturated carbocycles. The van der Waals surface area contributed by atoms with Gasteiger partial charge < -0.3 is 14.9 Å². The summed E-state index contributed by atoms with van der Waals surface area (Å²) in [6, 6.07) is 17.4. The Morgan fingerprint density at radius 1 is 1.00 bits per heavy atom. The van der Waals surface area contributed by atoms with E-state index in [1.807, 2.05) is 12.1 Å². The Morgan fingerprint density at radius 2 is 1.63 bits per heavy atom. The molecule has 2 N–H and O–H groups in total. The Bertz CT molecular complexity index is 742. The molecule has 2 fully saturated rings. The molecule has 4 nitrogen and oxygen atoms in total. The maximum absolute atomic E-state index is 11.4. The molecule has 0 spiro atoms. The number of rotatable bonds is 6. The van der Waals surface area contributed by atoms with Crippen LogP contribution in [0.1, 0.15) is 42.4 Å². The second-order valence-corrected chi connectivity index (χ2v) is 8.08. The quantitative estimate of drug-likeness (QED) is 0.822. The van der Waals surface area contributed by atoms with Crippen LogP contribution in [0.25, 0.3) is 0 Å². The number of hydrogen-bond donors (Lipinski definition) is 2. The van der Waals surface area contributed by atoms with Crippen molar-refractivity contribution < 1.29 is 14.9 Å². The van der Waals surface area contributed by atoms with Crippen molar-refractivity contribution in [1.82, 2.24) is 4.90 Å². The third-order valence-electron chi connectivity index (χ3n) is 6.16. The van der Waals surface area contributed by atoms with E-state index in [0.717, 1.165) is 43.5 Å². The summed E-state index contributed by atoms with van der Waals surface area (Å²) in [7, 11) is 0. The number of benzene rings is 2. The molecule has 2 aromatic carbocycles. The van der Waals surface area contributed by atoms with E-state index >= 15 is 0 Å². The molecular weight excluding hydrogens is 338 g/mol. The molecule has 2 saturated heterocycles. The fourth-order valence-corrected chi connectivity index (χ4v) is 4.74. The summed E-state index contributed by atoms with van der Waals surface area (Å²) in [5.74, 6) is 0.795. The van der Waals surface area contributed by atoms with Crippen LogP contribution in [0.4, 0.5) is 0 Å². The smallest absolute Gasteiger partial charge is 0.119 e. The van der Waals surface area contributed by atoms with Crippen molar-refractivity contribution in [3.63, 3.8) is 0 Å². The predicted octanol–water partition coefficient (Wildman–Crippen LogP) is 3.38. The highest BCUT2D eigenvalue weighted by Gasteiger charge is 2.48. The largest absolute Gasteiger partial charge is 0.491 e. The van der Waals surface area contributed by atoms with Crippen LogP contribution in [0.5, 0.6) is 5.75 Å². The molecule has 2 atom stereocenters. The van der Waals surface area contributed by atoms with Gasteiger partial charge in [-0.1, -0.05) is 42.0 Å². The van der Waals surface area contributed by atoms with Crippen LogP contribution in [-0.4, -0.2) is 40.4 Å². The van der Waals surface area contributed by atoms with Gasteiger partial charge in [0.15, 0.2) is 0 Å². The van der Waals surface area contributed by atoms with Crippen molar-refractivity contribution >= 4 is 0 Å². The van der Waals surface area contributed by atoms with Gasteiger partial charge in [-0.25, -0.2) is 0 Å². The minimum absolute atomic E-state index is 0.0305. The predicted molar refractivity (Wildman–Crippen MR) is 106 cm³/mol. The molecule has 0 amide bonds. The number of fused-ring (bicyclic) bond motifs is 2. The Hall–Kier alpha value is -1.88. The zero-order chi connectivity index (χ0) is 18.9. The van der Waals surface area contributed by atoms with Gasteiger partial charge in [0.2, 0.25) is 0 Å². The lowest BCUT2D eigenvalue weighted by molar-refractivity contribution is -0.0595. The highest BCUT2D eigenvalue weighted by Crippen LogP contribution is 2.46. The summed E-state index contributed by atoms with van der Waals surface area (Å²) in [4.78, 5) is 2.58. The van der Waals surface area contributed by atoms with E-state index in [9.17, 15) is 5.11 Å². The molecule has 4 heteroatoms. The van der Waals surface area contributed by atoms with E-state index in [-0.39, 0.29) is 6.61 Å². The number of aliphatic hydroxyl groups excluding tert-OH is 1. The number of hydrogen-bond acceptors (Lipinski definition) is 4. The van der Waals surface area contributed by atoms with Gasteiger partial charge in [0.05, 0.1) is 12.2 Å². The second kappa shape index (κ2) is 7.63. The van der Waals surface area contributed by atoms with Gasteiger partial charge in [-0.05, 0) is 55.9 Å². The number of ether oxygens (including phenoxy) is 1. The third-order valence-corrected chi connectivity index (χ3v) is 6.16. The van der Waals surface area contributed by atoms with Crippen molar-refractivity contribution in [2.24, 2.45) is 0 Å². The fourth-order valence-electron chi connectivity index (χ4n) is 4.74. The van der Waals surface area contributed by atoms with Gasteiger partial charge in [-0.3, -0.25) is 4.90 Å². The number of nitrogens with zero attached hydrogens (tertiary/aromatic N) is 1. The van der Waals surface area contributed by atoms with Gasteiger partial charge in [0, 0.05) is 18.6 Å². The van der Waals surface area contributed by atoms with Crippen molar-refractivity contribution in [3.05, 3.63) is 65.2 Å². The zero-order valence-corrected chi connectivity index (χ0v) is 16.0. The summed E-state index contributed by atoms with van der Waals surface area (Å²) in [5.41, 5.74) is 2.87.